The van der Waals surface area contributed by atoms with E-state index in [1.807, 2.05) is 19.1 Å². The van der Waals surface area contributed by atoms with Gasteiger partial charge in [0.25, 0.3) is 5.89 Å². The van der Waals surface area contributed by atoms with Gasteiger partial charge in [-0.05, 0) is 19.1 Å². The molecule has 2 aromatic heterocycles. The molecule has 2 rings (SSSR count). The largest absolute Gasteiger partial charge is 0.334 e. The smallest absolute Gasteiger partial charge is 0.259 e. The summed E-state index contributed by atoms with van der Waals surface area (Å²) in [7, 11) is 0. The van der Waals surface area contributed by atoms with E-state index in [0.717, 1.165) is 11.3 Å². The van der Waals surface area contributed by atoms with E-state index in [1.165, 1.54) is 0 Å². The van der Waals surface area contributed by atoms with Crippen LogP contribution in [-0.4, -0.2) is 15.1 Å². The number of rotatable bonds is 2. The second-order valence-electron chi connectivity index (χ2n) is 2.79. The molecule has 0 atom stereocenters. The topological polar surface area (TPSA) is 51.8 Å². The van der Waals surface area contributed by atoms with Crippen molar-refractivity contribution in [2.75, 3.05) is 0 Å². The lowest BCUT2D eigenvalue weighted by Gasteiger charge is -1.96. The number of nitrogens with zero attached hydrogens (tertiary/aromatic N) is 3. The molecule has 0 amide bonds. The Morgan fingerprint density at radius 1 is 1.50 bits per heavy atom. The molecule has 0 aliphatic carbocycles. The zero-order valence-electron chi connectivity index (χ0n) is 7.57. The molecule has 0 saturated carbocycles. The summed E-state index contributed by atoms with van der Waals surface area (Å²) in [4.78, 5) is 8.35. The molecule has 0 radical (unpaired) electrons. The van der Waals surface area contributed by atoms with Crippen LogP contribution in [0.15, 0.2) is 22.9 Å². The van der Waals surface area contributed by atoms with Crippen LogP contribution >= 0.6 is 15.9 Å². The third kappa shape index (κ3) is 1.68. The summed E-state index contributed by atoms with van der Waals surface area (Å²) in [5.74, 6) is 1.16. The Balaban J connectivity index is 2.44. The lowest BCUT2D eigenvalue weighted by Crippen LogP contribution is -1.86. The van der Waals surface area contributed by atoms with Gasteiger partial charge >= 0.3 is 0 Å². The minimum atomic E-state index is 0.519. The molecule has 2 aromatic rings. The van der Waals surface area contributed by atoms with Gasteiger partial charge in [0.15, 0.2) is 5.82 Å². The Hall–Kier alpha value is -1.23. The standard InChI is InChI=1S/C9H8BrN3O/c1-6-7(3-2-4-11-6)9-12-8(5-10)13-14-9/h2-4H,5H2,1H3. The molecule has 0 fully saturated rings. The summed E-state index contributed by atoms with van der Waals surface area (Å²) in [6.45, 7) is 1.91. The van der Waals surface area contributed by atoms with Gasteiger partial charge in [-0.2, -0.15) is 4.98 Å². The molecular formula is C9H8BrN3O. The second-order valence-corrected chi connectivity index (χ2v) is 3.35. The molecule has 14 heavy (non-hydrogen) atoms. The fraction of sp³-hybridized carbons (Fsp3) is 0.222. The molecule has 0 unspecified atom stereocenters. The van der Waals surface area contributed by atoms with Gasteiger partial charge in [0.2, 0.25) is 0 Å². The molecule has 0 N–H and O–H groups in total. The normalized spacial score (nSPS) is 10.4. The maximum atomic E-state index is 5.09. The summed E-state index contributed by atoms with van der Waals surface area (Å²) in [6.07, 6.45) is 1.74. The van der Waals surface area contributed by atoms with E-state index in [0.29, 0.717) is 17.0 Å². The van der Waals surface area contributed by atoms with Gasteiger partial charge in [-0.3, -0.25) is 4.98 Å². The van der Waals surface area contributed by atoms with Gasteiger partial charge in [0.1, 0.15) is 0 Å². The number of halogens is 1. The third-order valence-corrected chi connectivity index (χ3v) is 2.33. The Bertz CT molecular complexity index is 441. The molecule has 0 bridgehead atoms. The predicted molar refractivity (Wildman–Crippen MR) is 54.9 cm³/mol. The highest BCUT2D eigenvalue weighted by molar-refractivity contribution is 9.08. The van der Waals surface area contributed by atoms with Crippen LogP contribution in [0.3, 0.4) is 0 Å². The number of aromatic nitrogens is 3. The van der Waals surface area contributed by atoms with Crippen LogP contribution in [0.5, 0.6) is 0 Å². The van der Waals surface area contributed by atoms with Crippen molar-refractivity contribution in [3.8, 4) is 11.5 Å². The first-order valence-electron chi connectivity index (χ1n) is 4.12. The summed E-state index contributed by atoms with van der Waals surface area (Å²) in [5, 5.41) is 4.38. The van der Waals surface area contributed by atoms with Crippen molar-refractivity contribution in [3.63, 3.8) is 0 Å². The Labute approximate surface area is 89.5 Å². The van der Waals surface area contributed by atoms with E-state index in [9.17, 15) is 0 Å². The Morgan fingerprint density at radius 3 is 3.00 bits per heavy atom. The molecule has 0 aliphatic heterocycles. The molecule has 72 valence electrons. The number of hydrogen-bond acceptors (Lipinski definition) is 4. The average molecular weight is 254 g/mol. The molecule has 0 saturated heterocycles. The third-order valence-electron chi connectivity index (χ3n) is 1.82. The van der Waals surface area contributed by atoms with Crippen molar-refractivity contribution in [2.24, 2.45) is 0 Å². The summed E-state index contributed by atoms with van der Waals surface area (Å²) < 4.78 is 5.09. The van der Waals surface area contributed by atoms with Crippen molar-refractivity contribution in [2.45, 2.75) is 12.3 Å². The zero-order chi connectivity index (χ0) is 9.97. The van der Waals surface area contributed by atoms with Gasteiger partial charge in [-0.15, -0.1) is 0 Å². The lowest BCUT2D eigenvalue weighted by molar-refractivity contribution is 0.425. The van der Waals surface area contributed by atoms with Gasteiger partial charge < -0.3 is 4.52 Å². The minimum Gasteiger partial charge on any atom is -0.334 e. The van der Waals surface area contributed by atoms with Crippen LogP contribution in [0, 0.1) is 6.92 Å². The molecule has 0 aromatic carbocycles. The second kappa shape index (κ2) is 3.88. The highest BCUT2D eigenvalue weighted by atomic mass is 79.9. The molecule has 4 nitrogen and oxygen atoms in total. The SMILES string of the molecule is Cc1ncccc1-c1nc(CBr)no1. The number of aryl methyl sites for hydroxylation is 1. The van der Waals surface area contributed by atoms with Crippen LogP contribution in [0.4, 0.5) is 0 Å². The number of hydrogen-bond donors (Lipinski definition) is 0. The monoisotopic (exact) mass is 253 g/mol. The van der Waals surface area contributed by atoms with Crippen LogP contribution < -0.4 is 0 Å². The molecule has 0 spiro atoms. The van der Waals surface area contributed by atoms with Crippen molar-refractivity contribution < 1.29 is 4.52 Å². The first kappa shape index (κ1) is 9.33. The maximum Gasteiger partial charge on any atom is 0.259 e. The number of pyridine rings is 1. The lowest BCUT2D eigenvalue weighted by atomic mass is 10.2. The molecular weight excluding hydrogens is 246 g/mol. The van der Waals surface area contributed by atoms with Crippen LogP contribution in [0.2, 0.25) is 0 Å². The highest BCUT2D eigenvalue weighted by Crippen LogP contribution is 2.19. The van der Waals surface area contributed by atoms with Crippen molar-refractivity contribution >= 4 is 15.9 Å². The van der Waals surface area contributed by atoms with Gasteiger partial charge in [0.05, 0.1) is 10.9 Å². The van der Waals surface area contributed by atoms with Crippen molar-refractivity contribution in [3.05, 3.63) is 29.8 Å². The highest BCUT2D eigenvalue weighted by Gasteiger charge is 2.10. The first-order chi connectivity index (χ1) is 6.81. The van der Waals surface area contributed by atoms with Crippen LogP contribution in [0.25, 0.3) is 11.5 Å². The Kier molecular flexibility index (Phi) is 2.58. The number of alkyl halides is 1. The van der Waals surface area contributed by atoms with E-state index in [-0.39, 0.29) is 0 Å². The zero-order valence-corrected chi connectivity index (χ0v) is 9.15. The summed E-state index contributed by atoms with van der Waals surface area (Å²) in [5.41, 5.74) is 1.77. The Morgan fingerprint density at radius 2 is 2.36 bits per heavy atom. The first-order valence-corrected chi connectivity index (χ1v) is 5.24. The predicted octanol–water partition coefficient (Wildman–Crippen LogP) is 2.33. The van der Waals surface area contributed by atoms with Crippen LogP contribution in [0.1, 0.15) is 11.5 Å². The van der Waals surface area contributed by atoms with E-state index in [2.05, 4.69) is 31.1 Å². The van der Waals surface area contributed by atoms with Gasteiger partial charge in [-0.1, -0.05) is 21.1 Å². The molecule has 0 aliphatic rings. The average Bonchev–Trinajstić information content (AvgIpc) is 2.67. The minimum absolute atomic E-state index is 0.519. The molecule has 5 heteroatoms. The summed E-state index contributed by atoms with van der Waals surface area (Å²) >= 11 is 3.26. The summed E-state index contributed by atoms with van der Waals surface area (Å²) in [6, 6.07) is 3.76. The van der Waals surface area contributed by atoms with E-state index >= 15 is 0 Å². The quantitative estimate of drug-likeness (QED) is 0.772. The fourth-order valence-corrected chi connectivity index (χ4v) is 1.36. The van der Waals surface area contributed by atoms with Gasteiger partial charge in [-0.25, -0.2) is 0 Å². The maximum absolute atomic E-state index is 5.09. The van der Waals surface area contributed by atoms with Crippen molar-refractivity contribution in [1.29, 1.82) is 0 Å². The van der Waals surface area contributed by atoms with Crippen LogP contribution in [-0.2, 0) is 5.33 Å². The van der Waals surface area contributed by atoms with Gasteiger partial charge in [0, 0.05) is 11.9 Å². The van der Waals surface area contributed by atoms with Crippen molar-refractivity contribution in [1.82, 2.24) is 15.1 Å². The van der Waals surface area contributed by atoms with E-state index < -0.39 is 0 Å². The van der Waals surface area contributed by atoms with E-state index in [1.54, 1.807) is 6.20 Å². The fourth-order valence-electron chi connectivity index (χ4n) is 1.13. The molecule has 2 heterocycles. The van der Waals surface area contributed by atoms with E-state index in [4.69, 9.17) is 4.52 Å².